The molecule has 11 heteroatoms. The van der Waals surface area contributed by atoms with Crippen molar-refractivity contribution in [3.8, 4) is 0 Å². The average molecular weight is 447 g/mol. The summed E-state index contributed by atoms with van der Waals surface area (Å²) < 4.78 is 0. The van der Waals surface area contributed by atoms with Crippen LogP contribution in [-0.2, 0) is 25.6 Å². The summed E-state index contributed by atoms with van der Waals surface area (Å²) in [5.74, 6) is -1.84. The van der Waals surface area contributed by atoms with Gasteiger partial charge in [-0.05, 0) is 38.5 Å². The number of aromatic nitrogens is 2. The Balaban J connectivity index is 1.44. The Kier molecular flexibility index (Phi) is 6.45. The van der Waals surface area contributed by atoms with Crippen molar-refractivity contribution in [2.75, 3.05) is 19.6 Å². The fourth-order valence-corrected chi connectivity index (χ4v) is 5.18. The molecule has 3 fully saturated rings. The first-order chi connectivity index (χ1) is 15.4. The summed E-state index contributed by atoms with van der Waals surface area (Å²) in [5, 5.41) is 9.43. The predicted molar refractivity (Wildman–Crippen MR) is 112 cm³/mol. The molecule has 0 saturated carbocycles. The van der Waals surface area contributed by atoms with Gasteiger partial charge < -0.3 is 30.5 Å². The number of nitrogens with one attached hydrogen (secondary N) is 1. The van der Waals surface area contributed by atoms with Gasteiger partial charge in [0.05, 0.1) is 12.4 Å². The van der Waals surface area contributed by atoms with E-state index in [4.69, 9.17) is 5.73 Å². The zero-order valence-corrected chi connectivity index (χ0v) is 18.0. The van der Waals surface area contributed by atoms with Gasteiger partial charge in [-0.15, -0.1) is 0 Å². The van der Waals surface area contributed by atoms with Gasteiger partial charge in [0.1, 0.15) is 18.1 Å². The lowest BCUT2D eigenvalue weighted by Gasteiger charge is -2.34. The SMILES string of the molecule is NC(Cc1cnc[nH]1)C(=O)N1CCCC1C(=O)N1CCCC1C(=O)N1CCCC1C(=O)O. The highest BCUT2D eigenvalue weighted by Crippen LogP contribution is 2.28. The van der Waals surface area contributed by atoms with Gasteiger partial charge in [0.2, 0.25) is 17.7 Å². The molecule has 3 aliphatic rings. The highest BCUT2D eigenvalue weighted by Gasteiger charge is 2.45. The summed E-state index contributed by atoms with van der Waals surface area (Å²) in [6, 6.07) is -2.93. The van der Waals surface area contributed by atoms with Crippen molar-refractivity contribution in [2.24, 2.45) is 5.73 Å². The van der Waals surface area contributed by atoms with Crippen LogP contribution in [0.4, 0.5) is 0 Å². The average Bonchev–Trinajstić information content (AvgIpc) is 3.57. The van der Waals surface area contributed by atoms with E-state index in [9.17, 15) is 24.3 Å². The number of carboxylic acids is 1. The highest BCUT2D eigenvalue weighted by molar-refractivity contribution is 5.95. The number of hydrogen-bond acceptors (Lipinski definition) is 6. The molecule has 0 aromatic carbocycles. The Labute approximate surface area is 185 Å². The first-order valence-corrected chi connectivity index (χ1v) is 11.3. The third-order valence-corrected chi connectivity index (χ3v) is 6.77. The maximum Gasteiger partial charge on any atom is 0.326 e. The number of rotatable bonds is 6. The maximum atomic E-state index is 13.4. The number of likely N-dealkylation sites (tertiary alicyclic amines) is 3. The second kappa shape index (κ2) is 9.27. The maximum absolute atomic E-state index is 13.4. The lowest BCUT2D eigenvalue weighted by molar-refractivity contribution is -0.153. The second-order valence-corrected chi connectivity index (χ2v) is 8.79. The van der Waals surface area contributed by atoms with Crippen LogP contribution in [-0.4, -0.2) is 97.3 Å². The number of aliphatic carboxylic acids is 1. The normalized spacial score (nSPS) is 26.5. The van der Waals surface area contributed by atoms with E-state index in [1.807, 2.05) is 0 Å². The van der Waals surface area contributed by atoms with Crippen molar-refractivity contribution >= 4 is 23.7 Å². The van der Waals surface area contributed by atoms with Crippen molar-refractivity contribution in [1.82, 2.24) is 24.7 Å². The third-order valence-electron chi connectivity index (χ3n) is 6.77. The standard InChI is InChI=1S/C21H30N6O5/c22-14(10-13-11-23-12-24-13)18(28)25-7-1-4-15(25)19(29)26-8-2-5-16(26)20(30)27-9-3-6-17(27)21(31)32/h11-12,14-17H,1-10,22H2,(H,23,24)(H,31,32). The number of hydrogen-bond donors (Lipinski definition) is 3. The van der Waals surface area contributed by atoms with Gasteiger partial charge >= 0.3 is 5.97 Å². The lowest BCUT2D eigenvalue weighted by atomic mass is 10.1. The first-order valence-electron chi connectivity index (χ1n) is 11.3. The summed E-state index contributed by atoms with van der Waals surface area (Å²) in [6.45, 7) is 1.27. The number of amides is 3. The topological polar surface area (TPSA) is 153 Å². The summed E-state index contributed by atoms with van der Waals surface area (Å²) in [4.78, 5) is 62.5. The minimum absolute atomic E-state index is 0.244. The van der Waals surface area contributed by atoms with Crippen LogP contribution in [0.5, 0.6) is 0 Å². The number of nitrogens with two attached hydrogens (primary N) is 1. The van der Waals surface area contributed by atoms with E-state index >= 15 is 0 Å². The molecule has 1 aromatic heterocycles. The first kappa shape index (κ1) is 22.3. The summed E-state index contributed by atoms with van der Waals surface area (Å²) >= 11 is 0. The molecule has 0 radical (unpaired) electrons. The van der Waals surface area contributed by atoms with Crippen molar-refractivity contribution in [3.05, 3.63) is 18.2 Å². The molecule has 3 amide bonds. The van der Waals surface area contributed by atoms with E-state index in [-0.39, 0.29) is 17.7 Å². The molecule has 32 heavy (non-hydrogen) atoms. The quantitative estimate of drug-likeness (QED) is 0.524. The Morgan fingerprint density at radius 3 is 2.06 bits per heavy atom. The van der Waals surface area contributed by atoms with Gasteiger partial charge in [-0.2, -0.15) is 0 Å². The van der Waals surface area contributed by atoms with Crippen LogP contribution >= 0.6 is 0 Å². The molecular formula is C21H30N6O5. The van der Waals surface area contributed by atoms with Gasteiger partial charge in [0, 0.05) is 37.9 Å². The second-order valence-electron chi connectivity index (χ2n) is 8.79. The van der Waals surface area contributed by atoms with Crippen LogP contribution < -0.4 is 5.73 Å². The smallest absolute Gasteiger partial charge is 0.326 e. The van der Waals surface area contributed by atoms with Crippen LogP contribution in [0.25, 0.3) is 0 Å². The van der Waals surface area contributed by atoms with E-state index in [1.165, 1.54) is 11.2 Å². The minimum atomic E-state index is -1.01. The molecule has 0 bridgehead atoms. The number of carboxylic acid groups (broad SMARTS) is 1. The Morgan fingerprint density at radius 2 is 1.50 bits per heavy atom. The number of carbonyl (C=O) groups excluding carboxylic acids is 3. The molecule has 4 atom stereocenters. The molecule has 3 aliphatic heterocycles. The fraction of sp³-hybridized carbons (Fsp3) is 0.667. The number of nitrogens with zero attached hydrogens (tertiary/aromatic N) is 4. The van der Waals surface area contributed by atoms with E-state index in [1.54, 1.807) is 16.0 Å². The summed E-state index contributed by atoms with van der Waals surface area (Å²) in [7, 11) is 0. The fourth-order valence-electron chi connectivity index (χ4n) is 5.18. The molecule has 0 spiro atoms. The molecule has 11 nitrogen and oxygen atoms in total. The molecule has 4 rings (SSSR count). The molecule has 4 heterocycles. The molecule has 4 N–H and O–H groups in total. The number of carbonyl (C=O) groups is 4. The Hall–Kier alpha value is -2.95. The largest absolute Gasteiger partial charge is 0.480 e. The highest BCUT2D eigenvalue weighted by atomic mass is 16.4. The lowest BCUT2D eigenvalue weighted by Crippen LogP contribution is -2.56. The van der Waals surface area contributed by atoms with Crippen molar-refractivity contribution in [1.29, 1.82) is 0 Å². The van der Waals surface area contributed by atoms with Crippen molar-refractivity contribution < 1.29 is 24.3 Å². The molecule has 174 valence electrons. The van der Waals surface area contributed by atoms with Crippen LogP contribution in [0.2, 0.25) is 0 Å². The van der Waals surface area contributed by atoms with Crippen LogP contribution in [0.15, 0.2) is 12.5 Å². The van der Waals surface area contributed by atoms with Crippen LogP contribution in [0.1, 0.15) is 44.2 Å². The van der Waals surface area contributed by atoms with E-state index in [0.29, 0.717) is 64.6 Å². The van der Waals surface area contributed by atoms with Gasteiger partial charge in [-0.3, -0.25) is 14.4 Å². The van der Waals surface area contributed by atoms with Crippen molar-refractivity contribution in [3.63, 3.8) is 0 Å². The number of H-pyrrole nitrogens is 1. The summed E-state index contributed by atoms with van der Waals surface area (Å²) in [6.07, 6.45) is 6.91. The number of aromatic amines is 1. The molecular weight excluding hydrogens is 416 g/mol. The van der Waals surface area contributed by atoms with Gasteiger partial charge in [0.25, 0.3) is 0 Å². The Bertz CT molecular complexity index is 874. The van der Waals surface area contributed by atoms with Gasteiger partial charge in [0.15, 0.2) is 0 Å². The van der Waals surface area contributed by atoms with Gasteiger partial charge in [-0.1, -0.05) is 0 Å². The minimum Gasteiger partial charge on any atom is -0.480 e. The zero-order chi connectivity index (χ0) is 22.8. The number of imidazole rings is 1. The van der Waals surface area contributed by atoms with Crippen LogP contribution in [0.3, 0.4) is 0 Å². The van der Waals surface area contributed by atoms with Gasteiger partial charge in [-0.25, -0.2) is 9.78 Å². The summed E-state index contributed by atoms with van der Waals surface area (Å²) in [5.41, 5.74) is 6.87. The third kappa shape index (κ3) is 4.21. The molecule has 1 aromatic rings. The van der Waals surface area contributed by atoms with E-state index < -0.39 is 30.1 Å². The van der Waals surface area contributed by atoms with E-state index in [0.717, 1.165) is 5.69 Å². The monoisotopic (exact) mass is 446 g/mol. The molecule has 4 unspecified atom stereocenters. The predicted octanol–water partition coefficient (Wildman–Crippen LogP) is -0.663. The van der Waals surface area contributed by atoms with E-state index in [2.05, 4.69) is 9.97 Å². The van der Waals surface area contributed by atoms with Crippen molar-refractivity contribution in [2.45, 2.75) is 69.1 Å². The molecule has 3 saturated heterocycles. The molecule has 0 aliphatic carbocycles. The Morgan fingerprint density at radius 1 is 0.969 bits per heavy atom. The van der Waals surface area contributed by atoms with Crippen LogP contribution in [0, 0.1) is 0 Å². The zero-order valence-electron chi connectivity index (χ0n) is 18.0.